The molecule has 21 heavy (non-hydrogen) atoms. The third-order valence-electron chi connectivity index (χ3n) is 4.56. The molecule has 0 spiro atoms. The lowest BCUT2D eigenvalue weighted by Crippen LogP contribution is -2.30. The fraction of sp³-hybridized carbons (Fsp3) is 0.529. The van der Waals surface area contributed by atoms with Crippen LogP contribution >= 0.6 is 0 Å². The maximum Gasteiger partial charge on any atom is 0.156 e. The second-order valence-corrected chi connectivity index (χ2v) is 6.14. The van der Waals surface area contributed by atoms with E-state index in [9.17, 15) is 0 Å². The molecule has 112 valence electrons. The Morgan fingerprint density at radius 2 is 1.86 bits per heavy atom. The molecule has 2 aromatic rings. The monoisotopic (exact) mass is 284 g/mol. The maximum atomic E-state index is 4.33. The fourth-order valence-electron chi connectivity index (χ4n) is 3.11. The van der Waals surface area contributed by atoms with Gasteiger partial charge in [-0.25, -0.2) is 0 Å². The minimum Gasteiger partial charge on any atom is -0.368 e. The van der Waals surface area contributed by atoms with Crippen LogP contribution in [0.15, 0.2) is 24.3 Å². The van der Waals surface area contributed by atoms with Gasteiger partial charge in [-0.15, -0.1) is 5.10 Å². The minimum atomic E-state index is 0.846. The van der Waals surface area contributed by atoms with Crippen LogP contribution in [-0.4, -0.2) is 41.8 Å². The van der Waals surface area contributed by atoms with E-state index >= 15 is 0 Å². The number of nitrogens with one attached hydrogen (secondary N) is 1. The lowest BCUT2D eigenvalue weighted by Gasteiger charge is -2.28. The van der Waals surface area contributed by atoms with E-state index in [-0.39, 0.29) is 0 Å². The predicted molar refractivity (Wildman–Crippen MR) is 87.6 cm³/mol. The predicted octanol–water partition coefficient (Wildman–Crippen LogP) is 3.08. The van der Waals surface area contributed by atoms with E-state index < -0.39 is 0 Å². The van der Waals surface area contributed by atoms with Crippen molar-refractivity contribution in [2.75, 3.05) is 32.0 Å². The van der Waals surface area contributed by atoms with Crippen LogP contribution in [0.4, 0.5) is 5.82 Å². The van der Waals surface area contributed by atoms with Crippen molar-refractivity contribution in [3.05, 3.63) is 30.0 Å². The number of rotatable bonds is 4. The summed E-state index contributed by atoms with van der Waals surface area (Å²) in [5, 5.41) is 14.4. The number of nitrogens with zero attached hydrogens (tertiary/aromatic N) is 3. The Bertz CT molecular complexity index is 603. The second kappa shape index (κ2) is 6.39. The van der Waals surface area contributed by atoms with E-state index in [1.807, 2.05) is 6.92 Å². The van der Waals surface area contributed by atoms with Crippen LogP contribution in [0.3, 0.4) is 0 Å². The van der Waals surface area contributed by atoms with Gasteiger partial charge in [0.2, 0.25) is 0 Å². The van der Waals surface area contributed by atoms with E-state index in [1.54, 1.807) is 0 Å². The first-order chi connectivity index (χ1) is 10.2. The Kier molecular flexibility index (Phi) is 4.34. The average molecular weight is 284 g/mol. The van der Waals surface area contributed by atoms with Crippen LogP contribution in [0.1, 0.15) is 25.0 Å². The lowest BCUT2D eigenvalue weighted by molar-refractivity contribution is 0.215. The molecule has 1 aliphatic heterocycles. The van der Waals surface area contributed by atoms with Crippen LogP contribution < -0.4 is 5.32 Å². The molecule has 4 heteroatoms. The molecule has 4 nitrogen and oxygen atoms in total. The van der Waals surface area contributed by atoms with Crippen LogP contribution in [-0.2, 0) is 0 Å². The van der Waals surface area contributed by atoms with Gasteiger partial charge in [0.15, 0.2) is 5.82 Å². The summed E-state index contributed by atoms with van der Waals surface area (Å²) in [6.45, 7) is 5.46. The number of fused-ring (bicyclic) bond motifs is 1. The lowest BCUT2D eigenvalue weighted by atomic mass is 9.94. The summed E-state index contributed by atoms with van der Waals surface area (Å²) >= 11 is 0. The summed E-state index contributed by atoms with van der Waals surface area (Å²) in [6, 6.07) is 8.35. The number of likely N-dealkylation sites (tertiary alicyclic amines) is 1. The first-order valence-electron chi connectivity index (χ1n) is 7.88. The molecule has 0 amide bonds. The molecule has 1 fully saturated rings. The molecular weight excluding hydrogens is 260 g/mol. The number of anilines is 1. The van der Waals surface area contributed by atoms with Gasteiger partial charge in [-0.05, 0) is 52.2 Å². The summed E-state index contributed by atoms with van der Waals surface area (Å²) < 4.78 is 0. The maximum absolute atomic E-state index is 4.33. The van der Waals surface area contributed by atoms with Crippen LogP contribution in [0.2, 0.25) is 0 Å². The van der Waals surface area contributed by atoms with Gasteiger partial charge in [0.25, 0.3) is 0 Å². The van der Waals surface area contributed by atoms with Crippen LogP contribution in [0, 0.1) is 12.8 Å². The molecule has 3 rings (SSSR count). The van der Waals surface area contributed by atoms with Crippen molar-refractivity contribution in [1.82, 2.24) is 15.1 Å². The smallest absolute Gasteiger partial charge is 0.156 e. The molecule has 1 aromatic carbocycles. The SMILES string of the molecule is Cc1nnc(NCCC2CCN(C)CC2)c2ccccc12. The second-order valence-electron chi connectivity index (χ2n) is 6.14. The number of benzene rings is 1. The highest BCUT2D eigenvalue weighted by atomic mass is 15.2. The molecule has 2 heterocycles. The first-order valence-corrected chi connectivity index (χ1v) is 7.88. The van der Waals surface area contributed by atoms with Gasteiger partial charge in [0.1, 0.15) is 0 Å². The zero-order valence-corrected chi connectivity index (χ0v) is 13.0. The highest BCUT2D eigenvalue weighted by Gasteiger charge is 2.16. The van der Waals surface area contributed by atoms with Gasteiger partial charge >= 0.3 is 0 Å². The molecule has 0 unspecified atom stereocenters. The molecule has 1 N–H and O–H groups in total. The van der Waals surface area contributed by atoms with Crippen molar-refractivity contribution in [3.8, 4) is 0 Å². The minimum absolute atomic E-state index is 0.846. The van der Waals surface area contributed by atoms with E-state index in [0.717, 1.165) is 24.0 Å². The van der Waals surface area contributed by atoms with Crippen LogP contribution in [0.25, 0.3) is 10.8 Å². The molecule has 1 saturated heterocycles. The van der Waals surface area contributed by atoms with Gasteiger partial charge in [0, 0.05) is 17.3 Å². The average Bonchev–Trinajstić information content (AvgIpc) is 2.52. The van der Waals surface area contributed by atoms with Gasteiger partial charge in [0.05, 0.1) is 5.69 Å². The van der Waals surface area contributed by atoms with Gasteiger partial charge in [-0.2, -0.15) is 5.10 Å². The standard InChI is InChI=1S/C17H24N4/c1-13-15-5-3-4-6-16(15)17(20-19-13)18-10-7-14-8-11-21(2)12-9-14/h3-6,14H,7-12H2,1-2H3,(H,18,20). The molecule has 0 radical (unpaired) electrons. The van der Waals surface area contributed by atoms with Crippen LogP contribution in [0.5, 0.6) is 0 Å². The Morgan fingerprint density at radius 3 is 2.62 bits per heavy atom. The van der Waals surface area contributed by atoms with E-state index in [0.29, 0.717) is 0 Å². The summed E-state index contributed by atoms with van der Waals surface area (Å²) in [5.41, 5.74) is 0.992. The van der Waals surface area contributed by atoms with Crippen molar-refractivity contribution in [2.45, 2.75) is 26.2 Å². The van der Waals surface area contributed by atoms with E-state index in [2.05, 4.69) is 51.7 Å². The zero-order valence-electron chi connectivity index (χ0n) is 13.0. The van der Waals surface area contributed by atoms with Crippen molar-refractivity contribution >= 4 is 16.6 Å². The van der Waals surface area contributed by atoms with Gasteiger partial charge in [-0.1, -0.05) is 24.3 Å². The topological polar surface area (TPSA) is 41.1 Å². The third-order valence-corrected chi connectivity index (χ3v) is 4.56. The van der Waals surface area contributed by atoms with E-state index in [1.165, 1.54) is 43.1 Å². The Labute approximate surface area is 126 Å². The molecule has 0 bridgehead atoms. The van der Waals surface area contributed by atoms with Crippen molar-refractivity contribution in [2.24, 2.45) is 5.92 Å². The normalized spacial score (nSPS) is 17.2. The quantitative estimate of drug-likeness (QED) is 0.936. The van der Waals surface area contributed by atoms with Crippen molar-refractivity contribution < 1.29 is 0 Å². The number of hydrogen-bond acceptors (Lipinski definition) is 4. The summed E-state index contributed by atoms with van der Waals surface area (Å²) in [4.78, 5) is 2.42. The van der Waals surface area contributed by atoms with Gasteiger partial charge in [-0.3, -0.25) is 0 Å². The Balaban J connectivity index is 1.62. The molecule has 1 aromatic heterocycles. The zero-order chi connectivity index (χ0) is 14.7. The number of aromatic nitrogens is 2. The Morgan fingerprint density at radius 1 is 1.14 bits per heavy atom. The molecule has 0 saturated carbocycles. The molecular formula is C17H24N4. The molecule has 0 aliphatic carbocycles. The van der Waals surface area contributed by atoms with Gasteiger partial charge < -0.3 is 10.2 Å². The number of piperidine rings is 1. The highest BCUT2D eigenvalue weighted by Crippen LogP contribution is 2.23. The number of aryl methyl sites for hydroxylation is 1. The summed E-state index contributed by atoms with van der Waals surface area (Å²) in [5.74, 6) is 1.77. The van der Waals surface area contributed by atoms with E-state index in [4.69, 9.17) is 0 Å². The Hall–Kier alpha value is -1.68. The summed E-state index contributed by atoms with van der Waals surface area (Å²) in [6.07, 6.45) is 3.86. The number of hydrogen-bond donors (Lipinski definition) is 1. The first kappa shape index (κ1) is 14.3. The van der Waals surface area contributed by atoms with Crippen molar-refractivity contribution in [3.63, 3.8) is 0 Å². The van der Waals surface area contributed by atoms with Crippen molar-refractivity contribution in [1.29, 1.82) is 0 Å². The third kappa shape index (κ3) is 3.32. The molecule has 0 atom stereocenters. The largest absolute Gasteiger partial charge is 0.368 e. The highest BCUT2D eigenvalue weighted by molar-refractivity contribution is 5.92. The molecule has 1 aliphatic rings. The summed E-state index contributed by atoms with van der Waals surface area (Å²) in [7, 11) is 2.21. The fourth-order valence-corrected chi connectivity index (χ4v) is 3.11.